The molecule has 1 aliphatic rings. The molecule has 0 unspecified atom stereocenters. The van der Waals surface area contributed by atoms with Crippen molar-refractivity contribution >= 4 is 23.2 Å². The molecule has 1 aliphatic heterocycles. The molecule has 31 heavy (non-hydrogen) atoms. The van der Waals surface area contributed by atoms with E-state index in [1.165, 1.54) is 0 Å². The number of benzene rings is 2. The Morgan fingerprint density at radius 3 is 2.39 bits per heavy atom. The van der Waals surface area contributed by atoms with Crippen LogP contribution in [0.2, 0.25) is 0 Å². The predicted octanol–water partition coefficient (Wildman–Crippen LogP) is 4.57. The number of amides is 2. The minimum Gasteiger partial charge on any atom is -0.494 e. The lowest BCUT2D eigenvalue weighted by atomic mass is 10.2. The molecule has 0 spiro atoms. The molecule has 0 radical (unpaired) electrons. The highest BCUT2D eigenvalue weighted by atomic mass is 16.5. The van der Waals surface area contributed by atoms with Crippen LogP contribution in [0.4, 0.5) is 11.4 Å². The minimum absolute atomic E-state index is 0.156. The zero-order valence-electron chi connectivity index (χ0n) is 18.6. The largest absolute Gasteiger partial charge is 0.494 e. The molecule has 2 amide bonds. The number of anilines is 2. The highest BCUT2D eigenvalue weighted by Crippen LogP contribution is 2.21. The zero-order chi connectivity index (χ0) is 22.1. The molecule has 6 heteroatoms. The second-order valence-electron chi connectivity index (χ2n) is 7.85. The fourth-order valence-electron chi connectivity index (χ4n) is 3.61. The predicted molar refractivity (Wildman–Crippen MR) is 125 cm³/mol. The van der Waals surface area contributed by atoms with Crippen LogP contribution in [0.15, 0.2) is 48.5 Å². The van der Waals surface area contributed by atoms with Crippen LogP contribution >= 0.6 is 0 Å². The fourth-order valence-corrected chi connectivity index (χ4v) is 3.61. The van der Waals surface area contributed by atoms with Crippen LogP contribution in [-0.4, -0.2) is 49.5 Å². The smallest absolute Gasteiger partial charge is 0.255 e. The quantitative estimate of drug-likeness (QED) is 0.601. The van der Waals surface area contributed by atoms with Gasteiger partial charge in [-0.1, -0.05) is 26.3 Å². The van der Waals surface area contributed by atoms with Crippen LogP contribution in [0, 0.1) is 0 Å². The third kappa shape index (κ3) is 6.48. The molecule has 0 atom stereocenters. The van der Waals surface area contributed by atoms with E-state index < -0.39 is 0 Å². The maximum absolute atomic E-state index is 12.6. The van der Waals surface area contributed by atoms with Crippen molar-refractivity contribution in [3.05, 3.63) is 54.1 Å². The summed E-state index contributed by atoms with van der Waals surface area (Å²) in [4.78, 5) is 28.9. The van der Waals surface area contributed by atoms with Gasteiger partial charge in [0.05, 0.1) is 6.61 Å². The normalized spacial score (nSPS) is 13.7. The third-order valence-corrected chi connectivity index (χ3v) is 5.45. The number of rotatable bonds is 9. The number of carbonyl (C=O) groups excluding carboxylic acids is 2. The topological polar surface area (TPSA) is 61.9 Å². The van der Waals surface area contributed by atoms with E-state index in [2.05, 4.69) is 17.1 Å². The Morgan fingerprint density at radius 1 is 0.968 bits per heavy atom. The average molecular weight is 424 g/mol. The van der Waals surface area contributed by atoms with Crippen molar-refractivity contribution in [1.29, 1.82) is 0 Å². The highest BCUT2D eigenvalue weighted by Gasteiger charge is 2.20. The Balaban J connectivity index is 1.53. The SMILES string of the molecule is CCCCOc1cccc(C(=O)Nc2ccc(N3CCN(C(=O)CCC)CC3)cc2)c1. The highest BCUT2D eigenvalue weighted by molar-refractivity contribution is 6.04. The van der Waals surface area contributed by atoms with Crippen molar-refractivity contribution in [2.24, 2.45) is 0 Å². The number of ether oxygens (including phenoxy) is 1. The zero-order valence-corrected chi connectivity index (χ0v) is 18.6. The van der Waals surface area contributed by atoms with Gasteiger partial charge in [0, 0.05) is 49.5 Å². The molecule has 1 saturated heterocycles. The van der Waals surface area contributed by atoms with Crippen LogP contribution in [0.1, 0.15) is 49.9 Å². The van der Waals surface area contributed by atoms with E-state index in [-0.39, 0.29) is 11.8 Å². The number of nitrogens with zero attached hydrogens (tertiary/aromatic N) is 2. The van der Waals surface area contributed by atoms with E-state index in [9.17, 15) is 9.59 Å². The Hall–Kier alpha value is -3.02. The van der Waals surface area contributed by atoms with E-state index in [0.29, 0.717) is 24.3 Å². The summed E-state index contributed by atoms with van der Waals surface area (Å²) in [7, 11) is 0. The molecule has 166 valence electrons. The molecule has 0 saturated carbocycles. The summed E-state index contributed by atoms with van der Waals surface area (Å²) in [5.74, 6) is 0.810. The van der Waals surface area contributed by atoms with Crippen LogP contribution in [0.5, 0.6) is 5.75 Å². The number of carbonyl (C=O) groups is 2. The summed E-state index contributed by atoms with van der Waals surface area (Å²) in [6.07, 6.45) is 3.58. The Bertz CT molecular complexity index is 859. The summed E-state index contributed by atoms with van der Waals surface area (Å²) in [5.41, 5.74) is 2.43. The summed E-state index contributed by atoms with van der Waals surface area (Å²) >= 11 is 0. The van der Waals surface area contributed by atoms with Gasteiger partial charge >= 0.3 is 0 Å². The van der Waals surface area contributed by atoms with Gasteiger partial charge in [-0.3, -0.25) is 9.59 Å². The molecular weight excluding hydrogens is 390 g/mol. The van der Waals surface area contributed by atoms with Crippen LogP contribution in [-0.2, 0) is 4.79 Å². The van der Waals surface area contributed by atoms with Gasteiger partial charge in [-0.05, 0) is 55.3 Å². The van der Waals surface area contributed by atoms with Gasteiger partial charge in [0.15, 0.2) is 0 Å². The second kappa shape index (κ2) is 11.4. The molecule has 0 bridgehead atoms. The fraction of sp³-hybridized carbons (Fsp3) is 0.440. The van der Waals surface area contributed by atoms with Crippen LogP contribution in [0.3, 0.4) is 0 Å². The van der Waals surface area contributed by atoms with Gasteiger partial charge in [-0.15, -0.1) is 0 Å². The number of piperazine rings is 1. The second-order valence-corrected chi connectivity index (χ2v) is 7.85. The summed E-state index contributed by atoms with van der Waals surface area (Å²) < 4.78 is 5.70. The molecule has 1 fully saturated rings. The lowest BCUT2D eigenvalue weighted by molar-refractivity contribution is -0.131. The van der Waals surface area contributed by atoms with Gasteiger partial charge in [0.2, 0.25) is 5.91 Å². The minimum atomic E-state index is -0.156. The molecule has 1 heterocycles. The lowest BCUT2D eigenvalue weighted by Gasteiger charge is -2.36. The Morgan fingerprint density at radius 2 is 1.71 bits per heavy atom. The average Bonchev–Trinajstić information content (AvgIpc) is 2.80. The van der Waals surface area contributed by atoms with E-state index in [1.54, 1.807) is 12.1 Å². The maximum Gasteiger partial charge on any atom is 0.255 e. The molecule has 1 N–H and O–H groups in total. The number of unbranched alkanes of at least 4 members (excludes halogenated alkanes) is 1. The first-order chi connectivity index (χ1) is 15.1. The molecule has 6 nitrogen and oxygen atoms in total. The van der Waals surface area contributed by atoms with Gasteiger partial charge in [-0.2, -0.15) is 0 Å². The molecule has 0 aliphatic carbocycles. The molecule has 2 aromatic carbocycles. The maximum atomic E-state index is 12.6. The monoisotopic (exact) mass is 423 g/mol. The van der Waals surface area contributed by atoms with Crippen molar-refractivity contribution in [3.63, 3.8) is 0 Å². The Labute approximate surface area is 185 Å². The number of nitrogens with one attached hydrogen (secondary N) is 1. The lowest BCUT2D eigenvalue weighted by Crippen LogP contribution is -2.48. The first-order valence-corrected chi connectivity index (χ1v) is 11.3. The van der Waals surface area contributed by atoms with Crippen molar-refractivity contribution in [2.45, 2.75) is 39.5 Å². The van der Waals surface area contributed by atoms with Gasteiger partial charge in [-0.25, -0.2) is 0 Å². The van der Waals surface area contributed by atoms with E-state index in [1.807, 2.05) is 48.2 Å². The van der Waals surface area contributed by atoms with E-state index in [0.717, 1.165) is 56.8 Å². The molecule has 2 aromatic rings. The van der Waals surface area contributed by atoms with Crippen molar-refractivity contribution in [2.75, 3.05) is 43.0 Å². The van der Waals surface area contributed by atoms with Gasteiger partial charge < -0.3 is 19.9 Å². The van der Waals surface area contributed by atoms with Crippen molar-refractivity contribution in [1.82, 2.24) is 4.90 Å². The van der Waals surface area contributed by atoms with E-state index >= 15 is 0 Å². The summed E-state index contributed by atoms with van der Waals surface area (Å²) in [5, 5.41) is 2.95. The van der Waals surface area contributed by atoms with Crippen LogP contribution in [0.25, 0.3) is 0 Å². The van der Waals surface area contributed by atoms with Crippen LogP contribution < -0.4 is 15.0 Å². The first kappa shape index (κ1) is 22.7. The van der Waals surface area contributed by atoms with E-state index in [4.69, 9.17) is 4.74 Å². The molecule has 0 aromatic heterocycles. The number of hydrogen-bond acceptors (Lipinski definition) is 4. The summed E-state index contributed by atoms with van der Waals surface area (Å²) in [6, 6.07) is 15.1. The van der Waals surface area contributed by atoms with Gasteiger partial charge in [0.1, 0.15) is 5.75 Å². The summed E-state index contributed by atoms with van der Waals surface area (Å²) in [6.45, 7) is 7.98. The van der Waals surface area contributed by atoms with Crippen molar-refractivity contribution < 1.29 is 14.3 Å². The molecular formula is C25H33N3O3. The third-order valence-electron chi connectivity index (χ3n) is 5.45. The van der Waals surface area contributed by atoms with Crippen molar-refractivity contribution in [3.8, 4) is 5.75 Å². The number of hydrogen-bond donors (Lipinski definition) is 1. The van der Waals surface area contributed by atoms with Gasteiger partial charge in [0.25, 0.3) is 5.91 Å². The first-order valence-electron chi connectivity index (χ1n) is 11.3. The Kier molecular flexibility index (Phi) is 8.33. The standard InChI is InChI=1S/C25H33N3O3/c1-3-5-18-31-23-9-6-8-20(19-23)25(30)26-21-10-12-22(13-11-21)27-14-16-28(17-15-27)24(29)7-4-2/h6,8-13,19H,3-5,7,14-18H2,1-2H3,(H,26,30). The molecule has 3 rings (SSSR count).